The Kier molecular flexibility index (Phi) is 3.53. The molecule has 0 bridgehead atoms. The highest BCUT2D eigenvalue weighted by Gasteiger charge is 2.20. The van der Waals surface area contributed by atoms with Crippen molar-refractivity contribution in [3.63, 3.8) is 0 Å². The van der Waals surface area contributed by atoms with Crippen molar-refractivity contribution in [3.05, 3.63) is 35.2 Å². The molecule has 0 aliphatic heterocycles. The van der Waals surface area contributed by atoms with Gasteiger partial charge in [0.15, 0.2) is 5.75 Å². The van der Waals surface area contributed by atoms with E-state index >= 15 is 0 Å². The normalized spacial score (nSPS) is 10.1. The number of thiophene rings is 1. The lowest BCUT2D eigenvalue weighted by molar-refractivity contribution is 0.0694. The van der Waals surface area contributed by atoms with Gasteiger partial charge in [-0.3, -0.25) is 0 Å². The lowest BCUT2D eigenvalue weighted by atomic mass is 10.1. The van der Waals surface area contributed by atoms with Crippen LogP contribution < -0.4 is 9.47 Å². The summed E-state index contributed by atoms with van der Waals surface area (Å²) in [4.78, 5) is 11.8. The molecule has 94 valence electrons. The van der Waals surface area contributed by atoms with Gasteiger partial charge in [-0.15, -0.1) is 11.3 Å². The van der Waals surface area contributed by atoms with Gasteiger partial charge in [-0.2, -0.15) is 0 Å². The number of benzene rings is 1. The smallest absolute Gasteiger partial charge is 0.340 e. The summed E-state index contributed by atoms with van der Waals surface area (Å²) in [5.41, 5.74) is 0.998. The zero-order valence-corrected chi connectivity index (χ0v) is 10.8. The van der Waals surface area contributed by atoms with Crippen molar-refractivity contribution in [2.75, 3.05) is 14.2 Å². The first kappa shape index (κ1) is 12.4. The van der Waals surface area contributed by atoms with Gasteiger partial charge in [0.2, 0.25) is 0 Å². The zero-order chi connectivity index (χ0) is 13.1. The second-order valence-corrected chi connectivity index (χ2v) is 4.40. The van der Waals surface area contributed by atoms with Crippen molar-refractivity contribution in [3.8, 4) is 21.9 Å². The molecule has 1 heterocycles. The number of ether oxygens (including phenoxy) is 2. The fourth-order valence-electron chi connectivity index (χ4n) is 1.72. The Bertz CT molecular complexity index is 574. The average molecular weight is 264 g/mol. The average Bonchev–Trinajstić information content (AvgIpc) is 2.82. The van der Waals surface area contributed by atoms with Gasteiger partial charge in [-0.25, -0.2) is 4.79 Å². The van der Waals surface area contributed by atoms with E-state index in [-0.39, 0.29) is 5.56 Å². The Labute approximate surface area is 108 Å². The predicted octanol–water partition coefficient (Wildman–Crippen LogP) is 3.13. The number of carboxylic acids is 1. The minimum absolute atomic E-state index is 0.170. The van der Waals surface area contributed by atoms with Gasteiger partial charge in [0.25, 0.3) is 0 Å². The first-order chi connectivity index (χ1) is 8.69. The van der Waals surface area contributed by atoms with E-state index in [4.69, 9.17) is 14.6 Å². The summed E-state index contributed by atoms with van der Waals surface area (Å²) in [6.45, 7) is 0. The second-order valence-electron chi connectivity index (χ2n) is 3.52. The Morgan fingerprint density at radius 2 is 1.94 bits per heavy atom. The Hall–Kier alpha value is -2.01. The highest BCUT2D eigenvalue weighted by molar-refractivity contribution is 7.14. The molecule has 0 radical (unpaired) electrons. The quantitative estimate of drug-likeness (QED) is 0.921. The molecule has 0 aliphatic carbocycles. The summed E-state index contributed by atoms with van der Waals surface area (Å²) < 4.78 is 10.5. The molecule has 1 N–H and O–H groups in total. The maximum atomic E-state index is 11.1. The highest BCUT2D eigenvalue weighted by atomic mass is 32.1. The fourth-order valence-corrected chi connectivity index (χ4v) is 2.75. The van der Waals surface area contributed by atoms with Crippen LogP contribution in [0.1, 0.15) is 10.4 Å². The Morgan fingerprint density at radius 3 is 2.56 bits per heavy atom. The van der Waals surface area contributed by atoms with Crippen LogP contribution in [0.15, 0.2) is 29.6 Å². The number of hydrogen-bond acceptors (Lipinski definition) is 4. The molecule has 5 heteroatoms. The molecule has 18 heavy (non-hydrogen) atoms. The first-order valence-corrected chi connectivity index (χ1v) is 6.09. The summed E-state index contributed by atoms with van der Waals surface area (Å²) >= 11 is 1.33. The molecule has 0 saturated carbocycles. The molecule has 2 rings (SSSR count). The maximum absolute atomic E-state index is 11.1. The van der Waals surface area contributed by atoms with Crippen molar-refractivity contribution < 1.29 is 19.4 Å². The van der Waals surface area contributed by atoms with Gasteiger partial charge in [0, 0.05) is 10.9 Å². The summed E-state index contributed by atoms with van der Waals surface area (Å²) in [6, 6.07) is 7.44. The van der Waals surface area contributed by atoms with Crippen LogP contribution in [-0.4, -0.2) is 25.3 Å². The minimum atomic E-state index is -0.996. The third kappa shape index (κ3) is 2.04. The van der Waals surface area contributed by atoms with Crippen molar-refractivity contribution in [2.45, 2.75) is 0 Å². The van der Waals surface area contributed by atoms with Crippen molar-refractivity contribution >= 4 is 17.3 Å². The van der Waals surface area contributed by atoms with E-state index in [0.29, 0.717) is 11.5 Å². The topological polar surface area (TPSA) is 55.8 Å². The van der Waals surface area contributed by atoms with E-state index < -0.39 is 5.97 Å². The Balaban J connectivity index is 2.61. The molecular formula is C13H12O4S. The van der Waals surface area contributed by atoms with Gasteiger partial charge in [-0.1, -0.05) is 12.1 Å². The van der Waals surface area contributed by atoms with Crippen molar-refractivity contribution in [1.82, 2.24) is 0 Å². The number of rotatable bonds is 4. The van der Waals surface area contributed by atoms with Crippen LogP contribution in [0.3, 0.4) is 0 Å². The van der Waals surface area contributed by atoms with Crippen LogP contribution in [-0.2, 0) is 0 Å². The number of carbonyl (C=O) groups is 1. The maximum Gasteiger partial charge on any atom is 0.340 e. The largest absolute Gasteiger partial charge is 0.496 e. The summed E-state index contributed by atoms with van der Waals surface area (Å²) in [5.74, 6) is 0.0656. The van der Waals surface area contributed by atoms with Gasteiger partial charge in [-0.05, 0) is 12.1 Å². The summed E-state index contributed by atoms with van der Waals surface area (Å²) in [6.07, 6.45) is 0. The van der Waals surface area contributed by atoms with Crippen LogP contribution in [0.2, 0.25) is 0 Å². The monoisotopic (exact) mass is 264 g/mol. The first-order valence-electron chi connectivity index (χ1n) is 5.21. The minimum Gasteiger partial charge on any atom is -0.496 e. The van der Waals surface area contributed by atoms with E-state index in [1.54, 1.807) is 12.5 Å². The van der Waals surface area contributed by atoms with Gasteiger partial charge in [0.05, 0.1) is 19.1 Å². The standard InChI is InChI=1S/C13H12O4S/c1-16-10-6-4-3-5-8(10)12-11(17-2)9(7-18-12)13(14)15/h3-7H,1-2H3,(H,14,15). The second kappa shape index (κ2) is 5.10. The SMILES string of the molecule is COc1ccccc1-c1scc(C(=O)O)c1OC. The van der Waals surface area contributed by atoms with Crippen LogP contribution in [0, 0.1) is 0 Å². The summed E-state index contributed by atoms with van der Waals surface area (Å²) in [5, 5.41) is 10.7. The van der Waals surface area contributed by atoms with Crippen molar-refractivity contribution in [1.29, 1.82) is 0 Å². The summed E-state index contributed by atoms with van der Waals surface area (Å²) in [7, 11) is 3.05. The molecule has 4 nitrogen and oxygen atoms in total. The molecule has 0 unspecified atom stereocenters. The molecule has 0 saturated heterocycles. The predicted molar refractivity (Wildman–Crippen MR) is 69.8 cm³/mol. The lowest BCUT2D eigenvalue weighted by Gasteiger charge is -2.08. The molecule has 1 aromatic heterocycles. The number of aromatic carboxylic acids is 1. The van der Waals surface area contributed by atoms with Crippen molar-refractivity contribution in [2.24, 2.45) is 0 Å². The molecule has 0 spiro atoms. The molecule has 0 atom stereocenters. The zero-order valence-electron chi connectivity index (χ0n) is 9.97. The van der Waals surface area contributed by atoms with E-state index in [1.807, 2.05) is 24.3 Å². The van der Waals surface area contributed by atoms with Crippen LogP contribution in [0.5, 0.6) is 11.5 Å². The Morgan fingerprint density at radius 1 is 1.22 bits per heavy atom. The van der Waals surface area contributed by atoms with Crippen LogP contribution in [0.4, 0.5) is 0 Å². The highest BCUT2D eigenvalue weighted by Crippen LogP contribution is 2.42. The third-order valence-corrected chi connectivity index (χ3v) is 3.53. The van der Waals surface area contributed by atoms with Crippen LogP contribution in [0.25, 0.3) is 10.4 Å². The molecule has 0 amide bonds. The van der Waals surface area contributed by atoms with Gasteiger partial charge >= 0.3 is 5.97 Å². The lowest BCUT2D eigenvalue weighted by Crippen LogP contribution is -1.97. The third-order valence-electron chi connectivity index (χ3n) is 2.53. The van der Waals surface area contributed by atoms with Crippen LogP contribution >= 0.6 is 11.3 Å². The molecular weight excluding hydrogens is 252 g/mol. The number of para-hydroxylation sites is 1. The van der Waals surface area contributed by atoms with E-state index in [1.165, 1.54) is 18.4 Å². The van der Waals surface area contributed by atoms with E-state index in [0.717, 1.165) is 10.4 Å². The fraction of sp³-hybridized carbons (Fsp3) is 0.154. The van der Waals surface area contributed by atoms with Gasteiger partial charge < -0.3 is 14.6 Å². The number of methoxy groups -OCH3 is 2. The van der Waals surface area contributed by atoms with E-state index in [9.17, 15) is 4.79 Å². The molecule has 0 fully saturated rings. The molecule has 0 aliphatic rings. The number of hydrogen-bond donors (Lipinski definition) is 1. The van der Waals surface area contributed by atoms with E-state index in [2.05, 4.69) is 0 Å². The van der Waals surface area contributed by atoms with Gasteiger partial charge in [0.1, 0.15) is 11.3 Å². The molecule has 1 aromatic carbocycles. The molecule has 2 aromatic rings. The number of carboxylic acid groups (broad SMARTS) is 1.